The van der Waals surface area contributed by atoms with Crippen LogP contribution in [0.25, 0.3) is 10.9 Å². The number of nitrogens with one attached hydrogen (secondary N) is 1. The second-order valence-electron chi connectivity index (χ2n) is 6.03. The maximum atomic E-state index is 12.5. The Balaban J connectivity index is 2.05. The van der Waals surface area contributed by atoms with E-state index in [1.54, 1.807) is 0 Å². The number of ketones is 1. The minimum atomic E-state index is 0.0281. The fourth-order valence-electron chi connectivity index (χ4n) is 3.03. The summed E-state index contributed by atoms with van der Waals surface area (Å²) in [6.07, 6.45) is 2.55. The molecule has 0 amide bonds. The zero-order chi connectivity index (χ0) is 14.1. The third kappa shape index (κ3) is 2.38. The van der Waals surface area contributed by atoms with E-state index in [0.29, 0.717) is 0 Å². The average molecular weight is 270 g/mol. The number of benzene rings is 1. The average Bonchev–Trinajstić information content (AvgIpc) is 3.07. The lowest BCUT2D eigenvalue weighted by Gasteiger charge is -2.15. The molecule has 106 valence electrons. The Hall–Kier alpha value is -1.61. The van der Waals surface area contributed by atoms with Crippen LogP contribution in [0.2, 0.25) is 0 Å². The highest BCUT2D eigenvalue weighted by Gasteiger charge is 2.22. The summed E-state index contributed by atoms with van der Waals surface area (Å²) in [5, 5.41) is 1.20. The molecule has 1 aliphatic rings. The van der Waals surface area contributed by atoms with Crippen molar-refractivity contribution in [2.24, 2.45) is 5.92 Å². The maximum Gasteiger partial charge on any atom is 0.181 e. The predicted octanol–water partition coefficient (Wildman–Crippen LogP) is 3.60. The Morgan fingerprint density at radius 3 is 2.65 bits per heavy atom. The van der Waals surface area contributed by atoms with Gasteiger partial charge in [-0.25, -0.2) is 0 Å². The first-order chi connectivity index (χ1) is 9.66. The van der Waals surface area contributed by atoms with E-state index in [0.717, 1.165) is 30.8 Å². The molecule has 3 rings (SSSR count). The van der Waals surface area contributed by atoms with Crippen LogP contribution < -0.4 is 0 Å². The lowest BCUT2D eigenvalue weighted by atomic mass is 10.0. The summed E-state index contributed by atoms with van der Waals surface area (Å²) in [6, 6.07) is 8.24. The first kappa shape index (κ1) is 13.4. The molecule has 1 N–H and O–H groups in total. The Bertz CT molecular complexity index is 621. The van der Waals surface area contributed by atoms with E-state index in [-0.39, 0.29) is 11.7 Å². The second-order valence-corrected chi connectivity index (χ2v) is 6.03. The van der Waals surface area contributed by atoms with Gasteiger partial charge in [0.05, 0.1) is 5.69 Å². The van der Waals surface area contributed by atoms with E-state index in [2.05, 4.69) is 22.0 Å². The van der Waals surface area contributed by atoms with Gasteiger partial charge in [-0.15, -0.1) is 0 Å². The van der Waals surface area contributed by atoms with Crippen molar-refractivity contribution >= 4 is 16.7 Å². The SMILES string of the molecule is CC(C)C(=O)c1[nH]c2ccccc2c1CN1CCCC1. The molecule has 0 bridgehead atoms. The normalized spacial score (nSPS) is 16.4. The van der Waals surface area contributed by atoms with Crippen LogP contribution in [-0.2, 0) is 6.54 Å². The van der Waals surface area contributed by atoms with Gasteiger partial charge in [-0.2, -0.15) is 0 Å². The molecule has 2 aromatic rings. The van der Waals surface area contributed by atoms with Crippen molar-refractivity contribution in [1.82, 2.24) is 9.88 Å². The summed E-state index contributed by atoms with van der Waals surface area (Å²) < 4.78 is 0. The highest BCUT2D eigenvalue weighted by atomic mass is 16.1. The Labute approximate surface area is 120 Å². The molecule has 1 aromatic carbocycles. The van der Waals surface area contributed by atoms with Gasteiger partial charge < -0.3 is 4.98 Å². The van der Waals surface area contributed by atoms with E-state index < -0.39 is 0 Å². The molecule has 2 heterocycles. The molecular weight excluding hydrogens is 248 g/mol. The number of nitrogens with zero attached hydrogens (tertiary/aromatic N) is 1. The van der Waals surface area contributed by atoms with Crippen molar-refractivity contribution in [3.8, 4) is 0 Å². The van der Waals surface area contributed by atoms with Gasteiger partial charge in [0.1, 0.15) is 0 Å². The molecule has 3 heteroatoms. The number of rotatable bonds is 4. The number of Topliss-reactive ketones (excluding diaryl/α,β-unsaturated/α-hetero) is 1. The molecule has 20 heavy (non-hydrogen) atoms. The van der Waals surface area contributed by atoms with E-state index in [4.69, 9.17) is 0 Å². The predicted molar refractivity (Wildman–Crippen MR) is 82.0 cm³/mol. The minimum absolute atomic E-state index is 0.0281. The number of likely N-dealkylation sites (tertiary alicyclic amines) is 1. The molecule has 0 spiro atoms. The molecule has 0 atom stereocenters. The van der Waals surface area contributed by atoms with Gasteiger partial charge in [0.25, 0.3) is 0 Å². The van der Waals surface area contributed by atoms with Crippen molar-refractivity contribution in [3.05, 3.63) is 35.5 Å². The largest absolute Gasteiger partial charge is 0.352 e. The zero-order valence-corrected chi connectivity index (χ0v) is 12.3. The summed E-state index contributed by atoms with van der Waals surface area (Å²) in [5.41, 5.74) is 3.07. The third-order valence-corrected chi connectivity index (χ3v) is 4.16. The highest BCUT2D eigenvalue weighted by Crippen LogP contribution is 2.27. The van der Waals surface area contributed by atoms with Gasteiger partial charge in [-0.05, 0) is 32.0 Å². The van der Waals surface area contributed by atoms with Crippen molar-refractivity contribution < 1.29 is 4.79 Å². The maximum absolute atomic E-state index is 12.5. The van der Waals surface area contributed by atoms with Crippen LogP contribution in [0.4, 0.5) is 0 Å². The fraction of sp³-hybridized carbons (Fsp3) is 0.471. The van der Waals surface area contributed by atoms with Crippen LogP contribution >= 0.6 is 0 Å². The van der Waals surface area contributed by atoms with Gasteiger partial charge >= 0.3 is 0 Å². The summed E-state index contributed by atoms with van der Waals surface area (Å²) in [6.45, 7) is 7.11. The van der Waals surface area contributed by atoms with Crippen molar-refractivity contribution in [2.75, 3.05) is 13.1 Å². The van der Waals surface area contributed by atoms with Gasteiger partial charge in [-0.3, -0.25) is 9.69 Å². The Morgan fingerprint density at radius 1 is 1.25 bits per heavy atom. The van der Waals surface area contributed by atoms with Crippen LogP contribution in [0.1, 0.15) is 42.7 Å². The number of carbonyl (C=O) groups is 1. The minimum Gasteiger partial charge on any atom is -0.352 e. The van der Waals surface area contributed by atoms with Gasteiger partial charge in [0, 0.05) is 28.9 Å². The van der Waals surface area contributed by atoms with E-state index >= 15 is 0 Å². The van der Waals surface area contributed by atoms with Crippen LogP contribution in [0.3, 0.4) is 0 Å². The first-order valence-corrected chi connectivity index (χ1v) is 7.53. The number of H-pyrrole nitrogens is 1. The molecular formula is C17H22N2O. The molecule has 0 radical (unpaired) electrons. The van der Waals surface area contributed by atoms with Gasteiger partial charge in [-0.1, -0.05) is 32.0 Å². The highest BCUT2D eigenvalue weighted by molar-refractivity contribution is 6.03. The van der Waals surface area contributed by atoms with Crippen LogP contribution in [-0.4, -0.2) is 28.8 Å². The quantitative estimate of drug-likeness (QED) is 0.862. The molecule has 3 nitrogen and oxygen atoms in total. The molecule has 1 aromatic heterocycles. The Morgan fingerprint density at radius 2 is 1.95 bits per heavy atom. The lowest BCUT2D eigenvalue weighted by molar-refractivity contribution is 0.0933. The smallest absolute Gasteiger partial charge is 0.181 e. The van der Waals surface area contributed by atoms with Crippen molar-refractivity contribution in [2.45, 2.75) is 33.2 Å². The molecule has 0 unspecified atom stereocenters. The summed E-state index contributed by atoms with van der Waals surface area (Å²) in [7, 11) is 0. The topological polar surface area (TPSA) is 36.1 Å². The molecule has 1 aliphatic heterocycles. The first-order valence-electron chi connectivity index (χ1n) is 7.53. The van der Waals surface area contributed by atoms with E-state index in [1.807, 2.05) is 26.0 Å². The number of carbonyl (C=O) groups excluding carboxylic acids is 1. The molecule has 1 saturated heterocycles. The van der Waals surface area contributed by atoms with Crippen molar-refractivity contribution in [1.29, 1.82) is 0 Å². The van der Waals surface area contributed by atoms with Crippen LogP contribution in [0.5, 0.6) is 0 Å². The summed E-state index contributed by atoms with van der Waals surface area (Å²) in [5.74, 6) is 0.246. The number of para-hydroxylation sites is 1. The summed E-state index contributed by atoms with van der Waals surface area (Å²) >= 11 is 0. The monoisotopic (exact) mass is 270 g/mol. The molecule has 1 fully saturated rings. The Kier molecular flexibility index (Phi) is 3.62. The third-order valence-electron chi connectivity index (χ3n) is 4.16. The van der Waals surface area contributed by atoms with E-state index in [1.165, 1.54) is 23.8 Å². The van der Waals surface area contributed by atoms with Gasteiger partial charge in [0.2, 0.25) is 0 Å². The number of aromatic amines is 1. The lowest BCUT2D eigenvalue weighted by Crippen LogP contribution is -2.20. The molecule has 0 aliphatic carbocycles. The second kappa shape index (κ2) is 5.41. The number of hydrogen-bond acceptors (Lipinski definition) is 2. The fourth-order valence-corrected chi connectivity index (χ4v) is 3.03. The van der Waals surface area contributed by atoms with Crippen molar-refractivity contribution in [3.63, 3.8) is 0 Å². The summed E-state index contributed by atoms with van der Waals surface area (Å²) in [4.78, 5) is 18.3. The van der Waals surface area contributed by atoms with Crippen LogP contribution in [0.15, 0.2) is 24.3 Å². The van der Waals surface area contributed by atoms with Gasteiger partial charge in [0.15, 0.2) is 5.78 Å². The number of hydrogen-bond donors (Lipinski definition) is 1. The standard InChI is InChI=1S/C17H22N2O/c1-12(2)17(20)16-14(11-19-9-5-6-10-19)13-7-3-4-8-15(13)18-16/h3-4,7-8,12,18H,5-6,9-11H2,1-2H3. The zero-order valence-electron chi connectivity index (χ0n) is 12.3. The van der Waals surface area contributed by atoms with Crippen LogP contribution in [0, 0.1) is 5.92 Å². The number of aromatic nitrogens is 1. The molecule has 0 saturated carbocycles. The number of fused-ring (bicyclic) bond motifs is 1. The van der Waals surface area contributed by atoms with E-state index in [9.17, 15) is 4.79 Å².